The summed E-state index contributed by atoms with van der Waals surface area (Å²) in [6.45, 7) is 3.00. The van der Waals surface area contributed by atoms with Crippen molar-refractivity contribution in [2.45, 2.75) is 13.5 Å². The fourth-order valence-corrected chi connectivity index (χ4v) is 2.68. The molecule has 2 aromatic heterocycles. The number of rotatable bonds is 0. The van der Waals surface area contributed by atoms with Crippen molar-refractivity contribution in [2.75, 3.05) is 18.9 Å². The van der Waals surface area contributed by atoms with Gasteiger partial charge in [0.15, 0.2) is 11.5 Å². The van der Waals surface area contributed by atoms with Gasteiger partial charge in [-0.1, -0.05) is 12.1 Å². The Balaban J connectivity index is 1.90. The molecule has 4 rings (SSSR count). The molecule has 0 spiro atoms. The zero-order valence-corrected chi connectivity index (χ0v) is 13.7. The number of nitrogens with one attached hydrogen (secondary N) is 1. The molecule has 3 heterocycles. The van der Waals surface area contributed by atoms with Crippen LogP contribution in [0.1, 0.15) is 12.5 Å². The molecule has 0 aliphatic carbocycles. The molecule has 1 aliphatic rings. The van der Waals surface area contributed by atoms with Crippen molar-refractivity contribution in [3.63, 3.8) is 0 Å². The molecule has 0 atom stereocenters. The summed E-state index contributed by atoms with van der Waals surface area (Å²) < 4.78 is 12.9. The summed E-state index contributed by atoms with van der Waals surface area (Å²) in [7, 11) is 0. The summed E-state index contributed by atoms with van der Waals surface area (Å²) >= 11 is 0. The fraction of sp³-hybridized carbons (Fsp3) is 0.235. The number of hydrogen-bond acceptors (Lipinski definition) is 6. The number of nitrogens with zero attached hydrogens (tertiary/aromatic N) is 3. The highest BCUT2D eigenvalue weighted by atomic mass is 16.5. The van der Waals surface area contributed by atoms with Crippen molar-refractivity contribution >= 4 is 17.0 Å². The number of aromatic amines is 1. The van der Waals surface area contributed by atoms with E-state index < -0.39 is 0 Å². The zero-order valence-electron chi connectivity index (χ0n) is 13.7. The molecule has 128 valence electrons. The third kappa shape index (κ3) is 2.93. The number of nitrogens with two attached hydrogens (primary N) is 1. The number of hydrogen-bond donors (Lipinski definition) is 2. The summed E-state index contributed by atoms with van der Waals surface area (Å²) in [6, 6.07) is 7.74. The molecule has 25 heavy (non-hydrogen) atoms. The molecule has 1 aromatic carbocycles. The normalized spacial score (nSPS) is 16.6. The van der Waals surface area contributed by atoms with Crippen LogP contribution in [0.4, 0.5) is 5.82 Å². The summed E-state index contributed by atoms with van der Waals surface area (Å²) in [6.07, 6.45) is 1.94. The van der Waals surface area contributed by atoms with E-state index in [2.05, 4.69) is 15.0 Å². The van der Waals surface area contributed by atoms with E-state index in [4.69, 9.17) is 15.2 Å². The Morgan fingerprint density at radius 2 is 2.16 bits per heavy atom. The van der Waals surface area contributed by atoms with Gasteiger partial charge in [-0.05, 0) is 36.3 Å². The zero-order chi connectivity index (χ0) is 17.4. The molecular weight excluding hydrogens is 322 g/mol. The Labute approximate surface area is 142 Å². The molecule has 0 fully saturated rings. The molecule has 0 unspecified atom stereocenters. The van der Waals surface area contributed by atoms with E-state index in [1.807, 2.05) is 37.3 Å². The minimum absolute atomic E-state index is 0.136. The molecule has 0 radical (unpaired) electrons. The maximum atomic E-state index is 12.3. The van der Waals surface area contributed by atoms with Gasteiger partial charge in [0.05, 0.1) is 6.54 Å². The van der Waals surface area contributed by atoms with Crippen LogP contribution in [0.25, 0.3) is 11.2 Å². The van der Waals surface area contributed by atoms with Gasteiger partial charge in [0, 0.05) is 0 Å². The predicted molar refractivity (Wildman–Crippen MR) is 92.9 cm³/mol. The first-order chi connectivity index (χ1) is 12.1. The van der Waals surface area contributed by atoms with Gasteiger partial charge in [-0.3, -0.25) is 4.57 Å². The van der Waals surface area contributed by atoms with Crippen molar-refractivity contribution in [1.29, 1.82) is 0 Å². The number of imidazole rings is 1. The second-order valence-corrected chi connectivity index (χ2v) is 5.90. The van der Waals surface area contributed by atoms with Crippen LogP contribution in [0.3, 0.4) is 0 Å². The van der Waals surface area contributed by atoms with Gasteiger partial charge in [0.1, 0.15) is 24.5 Å². The Bertz CT molecular complexity index is 1030. The van der Waals surface area contributed by atoms with Crippen molar-refractivity contribution in [3.05, 3.63) is 52.0 Å². The monoisotopic (exact) mass is 339 g/mol. The van der Waals surface area contributed by atoms with Gasteiger partial charge >= 0.3 is 11.7 Å². The average Bonchev–Trinajstić information content (AvgIpc) is 2.90. The third-order valence-corrected chi connectivity index (χ3v) is 3.98. The van der Waals surface area contributed by atoms with E-state index >= 15 is 0 Å². The number of ether oxygens (including phenoxy) is 2. The van der Waals surface area contributed by atoms with Crippen LogP contribution in [0.2, 0.25) is 0 Å². The average molecular weight is 339 g/mol. The Morgan fingerprint density at radius 1 is 1.28 bits per heavy atom. The fourth-order valence-electron chi connectivity index (χ4n) is 2.68. The quantitative estimate of drug-likeness (QED) is 0.601. The first-order valence-electron chi connectivity index (χ1n) is 7.86. The van der Waals surface area contributed by atoms with E-state index in [0.717, 1.165) is 16.9 Å². The number of benzene rings is 1. The lowest BCUT2D eigenvalue weighted by atomic mass is 10.2. The summed E-state index contributed by atoms with van der Waals surface area (Å²) in [5.74, 6) is 0.920. The second-order valence-electron chi connectivity index (χ2n) is 5.90. The number of nitrogen functional groups attached to an aromatic ring is 1. The van der Waals surface area contributed by atoms with E-state index in [1.54, 1.807) is 0 Å². The summed E-state index contributed by atoms with van der Waals surface area (Å²) in [4.78, 5) is 23.5. The summed E-state index contributed by atoms with van der Waals surface area (Å²) in [5.41, 5.74) is 8.36. The molecule has 3 aromatic rings. The smallest absolute Gasteiger partial charge is 0.328 e. The van der Waals surface area contributed by atoms with Gasteiger partial charge in [-0.2, -0.15) is 9.97 Å². The first kappa shape index (κ1) is 15.3. The van der Waals surface area contributed by atoms with Crippen molar-refractivity contribution in [1.82, 2.24) is 19.5 Å². The Morgan fingerprint density at radius 3 is 3.04 bits per heavy atom. The standard InChI is InChI=1S/C17H17N5O3/c1-10-5-6-24-12-4-2-3-11(7-12)8-22-15-13(19-17(22)23)14(18)20-16(21-15)25-9-10/h2-5,7H,6,8-9H2,1H3,(H,19,23)(H2,18,20,21)/b10-5+. The first-order valence-corrected chi connectivity index (χ1v) is 7.86. The lowest BCUT2D eigenvalue weighted by Gasteiger charge is -2.10. The molecular formula is C17H17N5O3. The number of anilines is 1. The summed E-state index contributed by atoms with van der Waals surface area (Å²) in [5, 5.41) is 0. The lowest BCUT2D eigenvalue weighted by Crippen LogP contribution is -2.18. The highest BCUT2D eigenvalue weighted by Crippen LogP contribution is 2.20. The highest BCUT2D eigenvalue weighted by molar-refractivity contribution is 5.81. The highest BCUT2D eigenvalue weighted by Gasteiger charge is 2.15. The van der Waals surface area contributed by atoms with Crippen LogP contribution in [0.5, 0.6) is 11.8 Å². The molecule has 0 amide bonds. The third-order valence-electron chi connectivity index (χ3n) is 3.98. The molecule has 8 heteroatoms. The van der Waals surface area contributed by atoms with Crippen LogP contribution in [0, 0.1) is 0 Å². The van der Waals surface area contributed by atoms with Gasteiger partial charge in [-0.25, -0.2) is 4.79 Å². The van der Waals surface area contributed by atoms with Gasteiger partial charge in [0.2, 0.25) is 0 Å². The number of fused-ring (bicyclic) bond motifs is 3. The van der Waals surface area contributed by atoms with E-state index in [9.17, 15) is 4.79 Å². The van der Waals surface area contributed by atoms with Gasteiger partial charge in [0.25, 0.3) is 0 Å². The largest absolute Gasteiger partial charge is 0.490 e. The minimum atomic E-state index is -0.303. The van der Waals surface area contributed by atoms with Crippen molar-refractivity contribution in [3.8, 4) is 11.8 Å². The molecule has 0 saturated heterocycles. The molecule has 4 bridgehead atoms. The van der Waals surface area contributed by atoms with Crippen molar-refractivity contribution in [2.24, 2.45) is 0 Å². The van der Waals surface area contributed by atoms with Crippen LogP contribution < -0.4 is 20.9 Å². The van der Waals surface area contributed by atoms with E-state index in [-0.39, 0.29) is 17.5 Å². The van der Waals surface area contributed by atoms with Gasteiger partial charge in [-0.15, -0.1) is 0 Å². The van der Waals surface area contributed by atoms with E-state index in [0.29, 0.717) is 30.9 Å². The van der Waals surface area contributed by atoms with Crippen molar-refractivity contribution < 1.29 is 9.47 Å². The lowest BCUT2D eigenvalue weighted by molar-refractivity contribution is 0.320. The Hall–Kier alpha value is -3.29. The maximum absolute atomic E-state index is 12.3. The van der Waals surface area contributed by atoms with Crippen LogP contribution in [0.15, 0.2) is 40.7 Å². The molecule has 3 N–H and O–H groups in total. The molecule has 8 nitrogen and oxygen atoms in total. The SMILES string of the molecule is C/C1=C\COc2cccc(c2)Cn2c(=O)[nH]c3c(N)nc(nc32)OC1. The van der Waals surface area contributed by atoms with Crippen LogP contribution in [-0.2, 0) is 6.54 Å². The number of aromatic nitrogens is 4. The maximum Gasteiger partial charge on any atom is 0.328 e. The van der Waals surface area contributed by atoms with E-state index in [1.165, 1.54) is 4.57 Å². The second kappa shape index (κ2) is 5.97. The predicted octanol–water partition coefficient (Wildman–Crippen LogP) is 1.47. The van der Waals surface area contributed by atoms with Crippen LogP contribution in [-0.4, -0.2) is 32.7 Å². The minimum Gasteiger partial charge on any atom is -0.490 e. The Kier molecular flexibility index (Phi) is 3.64. The topological polar surface area (TPSA) is 108 Å². The van der Waals surface area contributed by atoms with Crippen LogP contribution >= 0.6 is 0 Å². The molecule has 0 saturated carbocycles. The van der Waals surface area contributed by atoms with Gasteiger partial charge < -0.3 is 20.2 Å². The number of H-pyrrole nitrogens is 1. The molecule has 1 aliphatic heterocycles.